The number of nitrogens with two attached hydrogens (primary N) is 1. The number of hydrogen-bond donors (Lipinski definition) is 2. The molecule has 2 aromatic carbocycles. The van der Waals surface area contributed by atoms with Crippen LogP contribution in [0.4, 0.5) is 5.69 Å². The number of hydrogen-bond acceptors (Lipinski definition) is 6. The molecule has 3 aromatic rings. The number of anilines is 1. The van der Waals surface area contributed by atoms with Gasteiger partial charge in [0, 0.05) is 18.1 Å². The summed E-state index contributed by atoms with van der Waals surface area (Å²) in [7, 11) is -3.90. The van der Waals surface area contributed by atoms with Crippen LogP contribution in [0.1, 0.15) is 17.3 Å². The molecular weight excluding hydrogens is 396 g/mol. The van der Waals surface area contributed by atoms with Gasteiger partial charge in [-0.3, -0.25) is 4.79 Å². The number of carbonyl (C=O) groups is 2. The van der Waals surface area contributed by atoms with Gasteiger partial charge in [0.15, 0.2) is 6.10 Å². The Morgan fingerprint density at radius 3 is 2.48 bits per heavy atom. The minimum atomic E-state index is -3.90. The lowest BCUT2D eigenvalue weighted by Gasteiger charge is -2.14. The predicted molar refractivity (Wildman–Crippen MR) is 105 cm³/mol. The third kappa shape index (κ3) is 5.06. The van der Waals surface area contributed by atoms with Gasteiger partial charge >= 0.3 is 5.97 Å². The summed E-state index contributed by atoms with van der Waals surface area (Å²) >= 11 is 0. The van der Waals surface area contributed by atoms with Gasteiger partial charge in [-0.15, -0.1) is 0 Å². The van der Waals surface area contributed by atoms with E-state index in [1.54, 1.807) is 47.4 Å². The maximum atomic E-state index is 12.3. The van der Waals surface area contributed by atoms with E-state index in [1.165, 1.54) is 31.2 Å². The predicted octanol–water partition coefficient (Wildman–Crippen LogP) is 1.70. The van der Waals surface area contributed by atoms with E-state index in [4.69, 9.17) is 9.88 Å². The normalized spacial score (nSPS) is 12.2. The minimum absolute atomic E-state index is 0.141. The van der Waals surface area contributed by atoms with Gasteiger partial charge in [0.25, 0.3) is 5.91 Å². The zero-order chi connectivity index (χ0) is 21.0. The lowest BCUT2D eigenvalue weighted by atomic mass is 10.2. The monoisotopic (exact) mass is 414 g/mol. The van der Waals surface area contributed by atoms with Crippen molar-refractivity contribution in [2.75, 3.05) is 5.32 Å². The molecule has 0 bridgehead atoms. The zero-order valence-corrected chi connectivity index (χ0v) is 16.2. The number of nitrogens with one attached hydrogen (secondary N) is 1. The number of esters is 1. The molecule has 0 unspecified atom stereocenters. The highest BCUT2D eigenvalue weighted by atomic mass is 32.2. The van der Waals surface area contributed by atoms with Crippen molar-refractivity contribution < 1.29 is 22.7 Å². The molecule has 0 spiro atoms. The lowest BCUT2D eigenvalue weighted by molar-refractivity contribution is -0.123. The Balaban J connectivity index is 1.63. The summed E-state index contributed by atoms with van der Waals surface area (Å²) in [5.74, 6) is -1.28. The lowest BCUT2D eigenvalue weighted by Crippen LogP contribution is -2.30. The van der Waals surface area contributed by atoms with Crippen molar-refractivity contribution in [2.45, 2.75) is 17.9 Å². The van der Waals surface area contributed by atoms with E-state index in [2.05, 4.69) is 10.4 Å². The first-order chi connectivity index (χ1) is 13.7. The summed E-state index contributed by atoms with van der Waals surface area (Å²) in [6.07, 6.45) is 2.30. The Bertz CT molecular complexity index is 1130. The van der Waals surface area contributed by atoms with Crippen LogP contribution in [-0.4, -0.2) is 36.2 Å². The molecule has 150 valence electrons. The van der Waals surface area contributed by atoms with Crippen LogP contribution in [0.15, 0.2) is 71.9 Å². The molecule has 1 aromatic heterocycles. The molecule has 29 heavy (non-hydrogen) atoms. The van der Waals surface area contributed by atoms with Crippen molar-refractivity contribution in [3.8, 4) is 5.69 Å². The van der Waals surface area contributed by atoms with E-state index >= 15 is 0 Å². The summed E-state index contributed by atoms with van der Waals surface area (Å²) in [5, 5.41) is 11.7. The van der Waals surface area contributed by atoms with E-state index < -0.39 is 28.0 Å². The second kappa shape index (κ2) is 8.25. The number of benzene rings is 2. The largest absolute Gasteiger partial charge is 0.449 e. The Morgan fingerprint density at radius 2 is 1.86 bits per heavy atom. The summed E-state index contributed by atoms with van der Waals surface area (Å²) in [4.78, 5) is 24.4. The number of sulfonamides is 1. The fraction of sp³-hybridized carbons (Fsp3) is 0.105. The molecule has 1 atom stereocenters. The number of rotatable bonds is 6. The number of nitrogens with zero attached hydrogens (tertiary/aromatic N) is 2. The van der Waals surface area contributed by atoms with Gasteiger partial charge in [0.1, 0.15) is 0 Å². The molecule has 10 heteroatoms. The molecule has 0 saturated carbocycles. The highest BCUT2D eigenvalue weighted by Gasteiger charge is 2.20. The van der Waals surface area contributed by atoms with Gasteiger partial charge in [-0.25, -0.2) is 23.0 Å². The standard InChI is InChI=1S/C19H18N4O5S/c1-13(18(24)22-15-4-2-5-17(12-15)29(20,26)27)28-19(25)14-6-8-16(9-7-14)23-11-3-10-21-23/h2-13H,1H3,(H,22,24)(H2,20,26,27)/t13-/m0/s1. The van der Waals surface area contributed by atoms with E-state index in [9.17, 15) is 18.0 Å². The first-order valence-electron chi connectivity index (χ1n) is 8.49. The van der Waals surface area contributed by atoms with Crippen LogP contribution in [0.5, 0.6) is 0 Å². The second-order valence-electron chi connectivity index (χ2n) is 6.11. The molecule has 9 nitrogen and oxygen atoms in total. The SMILES string of the molecule is C[C@H](OC(=O)c1ccc(-n2cccn2)cc1)C(=O)Nc1cccc(S(N)(=O)=O)c1. The van der Waals surface area contributed by atoms with E-state index in [-0.39, 0.29) is 16.1 Å². The van der Waals surface area contributed by atoms with Crippen molar-refractivity contribution in [3.05, 3.63) is 72.6 Å². The van der Waals surface area contributed by atoms with Crippen LogP contribution in [0, 0.1) is 0 Å². The molecule has 1 heterocycles. The van der Waals surface area contributed by atoms with E-state index in [0.29, 0.717) is 0 Å². The van der Waals surface area contributed by atoms with Crippen LogP contribution in [0.25, 0.3) is 5.69 Å². The summed E-state index contributed by atoms with van der Waals surface area (Å²) in [6.45, 7) is 1.41. The van der Waals surface area contributed by atoms with Crippen LogP contribution in [0.3, 0.4) is 0 Å². The number of ether oxygens (including phenoxy) is 1. The van der Waals surface area contributed by atoms with Crippen LogP contribution >= 0.6 is 0 Å². The van der Waals surface area contributed by atoms with Gasteiger partial charge in [0.05, 0.1) is 16.1 Å². The van der Waals surface area contributed by atoms with Crippen LogP contribution < -0.4 is 10.5 Å². The quantitative estimate of drug-likeness (QED) is 0.590. The fourth-order valence-corrected chi connectivity index (χ4v) is 3.01. The molecule has 3 rings (SSSR count). The van der Waals surface area contributed by atoms with E-state index in [0.717, 1.165) is 5.69 Å². The van der Waals surface area contributed by atoms with Gasteiger partial charge in [0.2, 0.25) is 10.0 Å². The Morgan fingerprint density at radius 1 is 1.14 bits per heavy atom. The molecular formula is C19H18N4O5S. The van der Waals surface area contributed by atoms with Gasteiger partial charge in [-0.05, 0) is 55.5 Å². The number of carbonyl (C=O) groups excluding carboxylic acids is 2. The van der Waals surface area contributed by atoms with Crippen molar-refractivity contribution in [1.29, 1.82) is 0 Å². The Labute approximate surface area is 167 Å². The van der Waals surface area contributed by atoms with Crippen molar-refractivity contribution in [2.24, 2.45) is 5.14 Å². The molecule has 0 aliphatic heterocycles. The first-order valence-corrected chi connectivity index (χ1v) is 10.0. The average Bonchev–Trinajstić information content (AvgIpc) is 3.22. The fourth-order valence-electron chi connectivity index (χ4n) is 2.45. The molecule has 0 aliphatic carbocycles. The number of primary sulfonamides is 1. The highest BCUT2D eigenvalue weighted by molar-refractivity contribution is 7.89. The van der Waals surface area contributed by atoms with Crippen LogP contribution in [0.2, 0.25) is 0 Å². The van der Waals surface area contributed by atoms with Crippen molar-refractivity contribution >= 4 is 27.6 Å². The van der Waals surface area contributed by atoms with Crippen LogP contribution in [-0.2, 0) is 19.6 Å². The highest BCUT2D eigenvalue weighted by Crippen LogP contribution is 2.15. The van der Waals surface area contributed by atoms with Gasteiger partial charge < -0.3 is 10.1 Å². The molecule has 0 saturated heterocycles. The number of aromatic nitrogens is 2. The molecule has 3 N–H and O–H groups in total. The molecule has 0 aliphatic rings. The Hall–Kier alpha value is -3.50. The van der Waals surface area contributed by atoms with Crippen molar-refractivity contribution in [3.63, 3.8) is 0 Å². The molecule has 0 radical (unpaired) electrons. The summed E-state index contributed by atoms with van der Waals surface area (Å²) < 4.78 is 29.6. The smallest absolute Gasteiger partial charge is 0.338 e. The topological polar surface area (TPSA) is 133 Å². The third-order valence-electron chi connectivity index (χ3n) is 3.96. The third-order valence-corrected chi connectivity index (χ3v) is 4.87. The summed E-state index contributed by atoms with van der Waals surface area (Å²) in [5.41, 5.74) is 1.26. The number of amides is 1. The second-order valence-corrected chi connectivity index (χ2v) is 7.67. The van der Waals surface area contributed by atoms with Crippen molar-refractivity contribution in [1.82, 2.24) is 9.78 Å². The average molecular weight is 414 g/mol. The van der Waals surface area contributed by atoms with E-state index in [1.807, 2.05) is 0 Å². The Kier molecular flexibility index (Phi) is 5.76. The minimum Gasteiger partial charge on any atom is -0.449 e. The first kappa shape index (κ1) is 20.2. The van der Waals surface area contributed by atoms with Gasteiger partial charge in [-0.2, -0.15) is 5.10 Å². The van der Waals surface area contributed by atoms with Gasteiger partial charge in [-0.1, -0.05) is 6.07 Å². The maximum Gasteiger partial charge on any atom is 0.338 e. The zero-order valence-electron chi connectivity index (χ0n) is 15.3. The summed E-state index contributed by atoms with van der Waals surface area (Å²) in [6, 6.07) is 13.8. The molecule has 1 amide bonds. The maximum absolute atomic E-state index is 12.3. The molecule has 0 fully saturated rings.